The number of para-hydroxylation sites is 1. The number of hydrogen-bond acceptors (Lipinski definition) is 3. The topological polar surface area (TPSA) is 50.4 Å². The van der Waals surface area contributed by atoms with Crippen LogP contribution in [0.2, 0.25) is 0 Å². The summed E-state index contributed by atoms with van der Waals surface area (Å²) < 4.78 is 5.56. The van der Waals surface area contributed by atoms with Crippen molar-refractivity contribution in [1.82, 2.24) is 10.6 Å². The highest BCUT2D eigenvalue weighted by Crippen LogP contribution is 2.09. The van der Waals surface area contributed by atoms with E-state index in [2.05, 4.69) is 10.6 Å². The zero-order valence-corrected chi connectivity index (χ0v) is 11.2. The zero-order chi connectivity index (χ0) is 13.3. The van der Waals surface area contributed by atoms with Crippen LogP contribution in [0.1, 0.15) is 25.7 Å². The van der Waals surface area contributed by atoms with Crippen LogP contribution in [0.3, 0.4) is 0 Å². The van der Waals surface area contributed by atoms with E-state index in [-0.39, 0.29) is 5.91 Å². The quantitative estimate of drug-likeness (QED) is 0.767. The average molecular weight is 262 g/mol. The van der Waals surface area contributed by atoms with Gasteiger partial charge in [-0.05, 0) is 44.5 Å². The van der Waals surface area contributed by atoms with Crippen LogP contribution in [-0.4, -0.2) is 31.6 Å². The summed E-state index contributed by atoms with van der Waals surface area (Å²) in [6.07, 6.45) is 3.36. The Hall–Kier alpha value is -1.55. The van der Waals surface area contributed by atoms with E-state index < -0.39 is 0 Å². The number of hydrogen-bond donors (Lipinski definition) is 2. The van der Waals surface area contributed by atoms with Crippen LogP contribution in [0.5, 0.6) is 5.75 Å². The molecule has 4 nitrogen and oxygen atoms in total. The van der Waals surface area contributed by atoms with Crippen LogP contribution >= 0.6 is 0 Å². The third kappa shape index (κ3) is 5.30. The lowest BCUT2D eigenvalue weighted by Crippen LogP contribution is -2.42. The first-order valence-corrected chi connectivity index (χ1v) is 7.02. The number of ether oxygens (including phenoxy) is 1. The lowest BCUT2D eigenvalue weighted by atomic mass is 10.1. The van der Waals surface area contributed by atoms with Crippen LogP contribution in [0.15, 0.2) is 30.3 Å². The summed E-state index contributed by atoms with van der Waals surface area (Å²) in [6.45, 7) is 2.59. The molecule has 1 aromatic carbocycles. The molecule has 2 rings (SSSR count). The van der Waals surface area contributed by atoms with E-state index in [1.54, 1.807) is 0 Å². The molecule has 1 aliphatic heterocycles. The molecule has 0 atom stereocenters. The van der Waals surface area contributed by atoms with Crippen molar-refractivity contribution in [2.45, 2.75) is 31.7 Å². The molecule has 0 bridgehead atoms. The van der Waals surface area contributed by atoms with Gasteiger partial charge in [0.2, 0.25) is 5.91 Å². The molecule has 0 aliphatic carbocycles. The predicted molar refractivity (Wildman–Crippen MR) is 75.2 cm³/mol. The number of nitrogens with one attached hydrogen (secondary N) is 2. The second-order valence-corrected chi connectivity index (χ2v) is 4.86. The number of carbonyl (C=O) groups is 1. The lowest BCUT2D eigenvalue weighted by molar-refractivity contribution is -0.122. The molecule has 0 aromatic heterocycles. The standard InChI is InChI=1S/C15H22N2O2/c18-15(17-13-8-10-16-11-9-13)7-4-12-19-14-5-2-1-3-6-14/h1-3,5-6,13,16H,4,7-12H2,(H,17,18). The molecule has 4 heteroatoms. The Morgan fingerprint density at radius 1 is 1.26 bits per heavy atom. The van der Waals surface area contributed by atoms with E-state index >= 15 is 0 Å². The van der Waals surface area contributed by atoms with E-state index in [1.807, 2.05) is 30.3 Å². The van der Waals surface area contributed by atoms with Crippen LogP contribution in [0, 0.1) is 0 Å². The molecule has 0 spiro atoms. The van der Waals surface area contributed by atoms with Gasteiger partial charge in [0.1, 0.15) is 5.75 Å². The number of amides is 1. The van der Waals surface area contributed by atoms with Gasteiger partial charge in [0.15, 0.2) is 0 Å². The van der Waals surface area contributed by atoms with Gasteiger partial charge in [-0.3, -0.25) is 4.79 Å². The van der Waals surface area contributed by atoms with E-state index in [1.165, 1.54) is 0 Å². The molecule has 19 heavy (non-hydrogen) atoms. The van der Waals surface area contributed by atoms with Crippen molar-refractivity contribution in [3.05, 3.63) is 30.3 Å². The molecule has 1 fully saturated rings. The molecular formula is C15H22N2O2. The number of piperidine rings is 1. The van der Waals surface area contributed by atoms with Crippen molar-refractivity contribution in [2.24, 2.45) is 0 Å². The Balaban J connectivity index is 1.56. The summed E-state index contributed by atoms with van der Waals surface area (Å²) in [5, 5.41) is 6.37. The maximum atomic E-state index is 11.7. The van der Waals surface area contributed by atoms with Gasteiger partial charge in [0, 0.05) is 12.5 Å². The van der Waals surface area contributed by atoms with Gasteiger partial charge >= 0.3 is 0 Å². The van der Waals surface area contributed by atoms with Gasteiger partial charge < -0.3 is 15.4 Å². The Morgan fingerprint density at radius 3 is 2.74 bits per heavy atom. The van der Waals surface area contributed by atoms with E-state index in [0.29, 0.717) is 19.1 Å². The molecule has 2 N–H and O–H groups in total. The first kappa shape index (κ1) is 13.9. The second kappa shape index (κ2) is 7.79. The van der Waals surface area contributed by atoms with Crippen molar-refractivity contribution in [2.75, 3.05) is 19.7 Å². The fourth-order valence-corrected chi connectivity index (χ4v) is 2.21. The highest BCUT2D eigenvalue weighted by atomic mass is 16.5. The van der Waals surface area contributed by atoms with Crippen LogP contribution in [0.4, 0.5) is 0 Å². The van der Waals surface area contributed by atoms with E-state index in [4.69, 9.17) is 4.74 Å². The molecule has 1 saturated heterocycles. The maximum absolute atomic E-state index is 11.7. The molecule has 1 aliphatic rings. The second-order valence-electron chi connectivity index (χ2n) is 4.86. The first-order chi connectivity index (χ1) is 9.34. The number of rotatable bonds is 6. The highest BCUT2D eigenvalue weighted by molar-refractivity contribution is 5.76. The molecule has 1 aromatic rings. The third-order valence-corrected chi connectivity index (χ3v) is 3.26. The minimum atomic E-state index is 0.142. The lowest BCUT2D eigenvalue weighted by Gasteiger charge is -2.23. The zero-order valence-electron chi connectivity index (χ0n) is 11.2. The van der Waals surface area contributed by atoms with E-state index in [0.717, 1.165) is 38.1 Å². The normalized spacial score (nSPS) is 16.0. The minimum absolute atomic E-state index is 0.142. The minimum Gasteiger partial charge on any atom is -0.494 e. The van der Waals surface area contributed by atoms with Crippen molar-refractivity contribution < 1.29 is 9.53 Å². The maximum Gasteiger partial charge on any atom is 0.220 e. The van der Waals surface area contributed by atoms with Crippen molar-refractivity contribution in [1.29, 1.82) is 0 Å². The van der Waals surface area contributed by atoms with Gasteiger partial charge in [-0.1, -0.05) is 18.2 Å². The molecule has 1 heterocycles. The van der Waals surface area contributed by atoms with Gasteiger partial charge in [-0.15, -0.1) is 0 Å². The SMILES string of the molecule is O=C(CCCOc1ccccc1)NC1CCNCC1. The summed E-state index contributed by atoms with van der Waals surface area (Å²) in [7, 11) is 0. The van der Waals surface area contributed by atoms with Gasteiger partial charge in [-0.25, -0.2) is 0 Å². The summed E-state index contributed by atoms with van der Waals surface area (Å²) in [6, 6.07) is 10.0. The fraction of sp³-hybridized carbons (Fsp3) is 0.533. The van der Waals surface area contributed by atoms with Crippen LogP contribution in [-0.2, 0) is 4.79 Å². The molecule has 0 radical (unpaired) electrons. The molecule has 1 amide bonds. The molecule has 104 valence electrons. The molecule has 0 unspecified atom stereocenters. The van der Waals surface area contributed by atoms with Crippen molar-refractivity contribution in [3.63, 3.8) is 0 Å². The molecular weight excluding hydrogens is 240 g/mol. The first-order valence-electron chi connectivity index (χ1n) is 7.02. The third-order valence-electron chi connectivity index (χ3n) is 3.26. The highest BCUT2D eigenvalue weighted by Gasteiger charge is 2.14. The summed E-state index contributed by atoms with van der Waals surface area (Å²) in [5.74, 6) is 1.00. The summed E-state index contributed by atoms with van der Waals surface area (Å²) in [4.78, 5) is 11.7. The fourth-order valence-electron chi connectivity index (χ4n) is 2.21. The van der Waals surface area contributed by atoms with Crippen molar-refractivity contribution in [3.8, 4) is 5.75 Å². The monoisotopic (exact) mass is 262 g/mol. The Labute approximate surface area is 114 Å². The molecule has 0 saturated carbocycles. The van der Waals surface area contributed by atoms with Crippen molar-refractivity contribution >= 4 is 5.91 Å². The summed E-state index contributed by atoms with van der Waals surface area (Å²) in [5.41, 5.74) is 0. The van der Waals surface area contributed by atoms with Gasteiger partial charge in [0.05, 0.1) is 6.61 Å². The van der Waals surface area contributed by atoms with Gasteiger partial charge in [0.25, 0.3) is 0 Å². The van der Waals surface area contributed by atoms with Crippen LogP contribution in [0.25, 0.3) is 0 Å². The average Bonchev–Trinajstić information content (AvgIpc) is 2.46. The smallest absolute Gasteiger partial charge is 0.220 e. The van der Waals surface area contributed by atoms with E-state index in [9.17, 15) is 4.79 Å². The number of benzene rings is 1. The summed E-state index contributed by atoms with van der Waals surface area (Å²) >= 11 is 0. The van der Waals surface area contributed by atoms with Gasteiger partial charge in [-0.2, -0.15) is 0 Å². The largest absolute Gasteiger partial charge is 0.494 e. The predicted octanol–water partition coefficient (Wildman–Crippen LogP) is 1.71. The Bertz CT molecular complexity index is 375. The Kier molecular flexibility index (Phi) is 5.69. The van der Waals surface area contributed by atoms with Crippen LogP contribution < -0.4 is 15.4 Å². The Morgan fingerprint density at radius 2 is 2.00 bits per heavy atom. The number of carbonyl (C=O) groups excluding carboxylic acids is 1.